The maximum absolute atomic E-state index is 13.6. The van der Waals surface area contributed by atoms with Crippen molar-refractivity contribution >= 4 is 21.6 Å². The molecule has 2 N–H and O–H groups in total. The second kappa shape index (κ2) is 11.5. The molecule has 198 valence electrons. The van der Waals surface area contributed by atoms with Gasteiger partial charge in [-0.2, -0.15) is 9.78 Å². The quantitative estimate of drug-likeness (QED) is 0.277. The molecule has 0 aliphatic rings. The molecule has 0 bridgehead atoms. The Morgan fingerprint density at radius 3 is 2.49 bits per heavy atom. The number of nitro groups is 1. The Morgan fingerprint density at radius 2 is 1.89 bits per heavy atom. The lowest BCUT2D eigenvalue weighted by molar-refractivity contribution is -0.385. The van der Waals surface area contributed by atoms with Crippen molar-refractivity contribution in [1.82, 2.24) is 19.8 Å². The molecule has 0 fully saturated rings. The average Bonchev–Trinajstić information content (AvgIpc) is 3.18. The number of carbonyl (C=O) groups is 1. The summed E-state index contributed by atoms with van der Waals surface area (Å²) < 4.78 is 49.6. The number of halogens is 1. The Bertz CT molecular complexity index is 1410. The van der Waals surface area contributed by atoms with Crippen LogP contribution >= 0.6 is 0 Å². The first kappa shape index (κ1) is 27.7. The average molecular weight is 534 g/mol. The van der Waals surface area contributed by atoms with Gasteiger partial charge in [-0.15, -0.1) is 0 Å². The maximum Gasteiger partial charge on any atom is 0.272 e. The van der Waals surface area contributed by atoms with E-state index in [1.54, 1.807) is 20.8 Å². The number of hydrogen-bond donors (Lipinski definition) is 2. The summed E-state index contributed by atoms with van der Waals surface area (Å²) in [5.41, 5.74) is 0.213. The number of nitrogens with one attached hydrogen (secondary N) is 2. The van der Waals surface area contributed by atoms with Crippen LogP contribution in [0, 0.1) is 22.9 Å². The van der Waals surface area contributed by atoms with E-state index in [1.165, 1.54) is 35.0 Å². The van der Waals surface area contributed by atoms with E-state index >= 15 is 0 Å². The van der Waals surface area contributed by atoms with Crippen LogP contribution in [0.2, 0.25) is 0 Å². The molecule has 1 atom stereocenters. The number of aromatic nitrogens is 2. The summed E-state index contributed by atoms with van der Waals surface area (Å²) in [6.07, 6.45) is 1.18. The number of hydrogen-bond acceptors (Lipinski definition) is 7. The Balaban J connectivity index is 2.19. The number of amides is 1. The number of carbonyl (C=O) groups excluding carboxylic acids is 1. The largest absolute Gasteiger partial charge is 0.437 e. The van der Waals surface area contributed by atoms with Gasteiger partial charge >= 0.3 is 0 Å². The van der Waals surface area contributed by atoms with Gasteiger partial charge in [-0.1, -0.05) is 13.8 Å². The molecule has 1 heterocycles. The lowest BCUT2D eigenvalue weighted by Gasteiger charge is -2.16. The Labute approximate surface area is 213 Å². The number of rotatable bonds is 11. The molecule has 13 heteroatoms. The molecule has 1 aromatic heterocycles. The summed E-state index contributed by atoms with van der Waals surface area (Å²) in [5.74, 6) is -1.19. The van der Waals surface area contributed by atoms with E-state index in [1.807, 2.05) is 6.92 Å². The smallest absolute Gasteiger partial charge is 0.272 e. The highest BCUT2D eigenvalue weighted by Crippen LogP contribution is 2.35. The number of nitro benzene ring substituents is 1. The summed E-state index contributed by atoms with van der Waals surface area (Å²) in [6, 6.07) is 7.97. The monoisotopic (exact) mass is 533 g/mol. The van der Waals surface area contributed by atoms with Crippen molar-refractivity contribution in [3.63, 3.8) is 0 Å². The van der Waals surface area contributed by atoms with Gasteiger partial charge in [0.15, 0.2) is 5.69 Å². The fourth-order valence-electron chi connectivity index (χ4n) is 3.32. The Kier molecular flexibility index (Phi) is 8.61. The molecule has 2 aromatic carbocycles. The third-order valence-electron chi connectivity index (χ3n) is 5.49. The zero-order valence-corrected chi connectivity index (χ0v) is 21.6. The molecule has 3 aromatic rings. The Morgan fingerprint density at radius 1 is 1.22 bits per heavy atom. The van der Waals surface area contributed by atoms with Gasteiger partial charge in [0, 0.05) is 30.3 Å². The van der Waals surface area contributed by atoms with Crippen LogP contribution in [0.25, 0.3) is 5.69 Å². The Hall–Kier alpha value is -3.84. The predicted octanol–water partition coefficient (Wildman–Crippen LogP) is 4.24. The highest BCUT2D eigenvalue weighted by molar-refractivity contribution is 7.89. The first-order valence-corrected chi connectivity index (χ1v) is 13.1. The van der Waals surface area contributed by atoms with Crippen LogP contribution in [-0.4, -0.2) is 41.6 Å². The summed E-state index contributed by atoms with van der Waals surface area (Å²) in [4.78, 5) is 23.0. The lowest BCUT2D eigenvalue weighted by Crippen LogP contribution is -2.32. The molecule has 11 nitrogen and oxygen atoms in total. The first-order valence-electron chi connectivity index (χ1n) is 11.6. The standard InChI is InChI=1S/C24H28FN5O6S/c1-5-13-26-23(31)22-16(4)24(29(27-22)18-9-7-17(25)8-10-18)36-20-12-11-19(30(32)33)14-21(20)37(34,35)28-15(3)6-2/h7-12,14-15,28H,5-6,13H2,1-4H3,(H,26,31)/t15-/m0/s1. The second-order valence-electron chi connectivity index (χ2n) is 8.34. The minimum Gasteiger partial charge on any atom is -0.437 e. The van der Waals surface area contributed by atoms with Gasteiger partial charge in [0.1, 0.15) is 16.5 Å². The van der Waals surface area contributed by atoms with Crippen LogP contribution in [-0.2, 0) is 10.0 Å². The molecule has 0 saturated heterocycles. The minimum absolute atomic E-state index is 0.0119. The molecule has 0 aliphatic carbocycles. The van der Waals surface area contributed by atoms with E-state index in [9.17, 15) is 27.7 Å². The van der Waals surface area contributed by atoms with Crippen LogP contribution < -0.4 is 14.8 Å². The molecule has 0 radical (unpaired) electrons. The van der Waals surface area contributed by atoms with Gasteiger partial charge in [-0.25, -0.2) is 17.5 Å². The summed E-state index contributed by atoms with van der Waals surface area (Å²) in [7, 11) is -4.23. The van der Waals surface area contributed by atoms with Crippen molar-refractivity contribution in [2.45, 2.75) is 51.5 Å². The zero-order chi connectivity index (χ0) is 27.3. The number of nitrogens with zero attached hydrogens (tertiary/aromatic N) is 3. The van der Waals surface area contributed by atoms with Crippen molar-refractivity contribution in [3.8, 4) is 17.3 Å². The zero-order valence-electron chi connectivity index (χ0n) is 20.8. The van der Waals surface area contributed by atoms with Gasteiger partial charge in [-0.3, -0.25) is 14.9 Å². The van der Waals surface area contributed by atoms with Gasteiger partial charge < -0.3 is 10.1 Å². The van der Waals surface area contributed by atoms with Crippen molar-refractivity contribution < 1.29 is 27.3 Å². The van der Waals surface area contributed by atoms with Gasteiger partial charge in [0.25, 0.3) is 11.6 Å². The number of benzene rings is 2. The number of sulfonamides is 1. The van der Waals surface area contributed by atoms with Gasteiger partial charge in [0.2, 0.25) is 15.9 Å². The number of non-ortho nitro benzene ring substituents is 1. The van der Waals surface area contributed by atoms with Crippen LogP contribution in [0.5, 0.6) is 11.6 Å². The highest BCUT2D eigenvalue weighted by Gasteiger charge is 2.28. The predicted molar refractivity (Wildman–Crippen MR) is 134 cm³/mol. The van der Waals surface area contributed by atoms with E-state index < -0.39 is 43.3 Å². The molecular formula is C24H28FN5O6S. The van der Waals surface area contributed by atoms with E-state index in [4.69, 9.17) is 4.74 Å². The summed E-state index contributed by atoms with van der Waals surface area (Å²) in [6.45, 7) is 7.31. The molecule has 1 amide bonds. The van der Waals surface area contributed by atoms with Crippen molar-refractivity contribution in [2.75, 3.05) is 6.54 Å². The van der Waals surface area contributed by atoms with E-state index in [2.05, 4.69) is 15.1 Å². The molecule has 0 spiro atoms. The topological polar surface area (TPSA) is 145 Å². The third kappa shape index (κ3) is 6.30. The van der Waals surface area contributed by atoms with Gasteiger partial charge in [-0.05, 0) is 57.0 Å². The van der Waals surface area contributed by atoms with E-state index in [0.29, 0.717) is 25.1 Å². The SMILES string of the molecule is CCCNC(=O)c1nn(-c2ccc(F)cc2)c(Oc2ccc([N+](=O)[O-])cc2S(=O)(=O)N[C@@H](C)CC)c1C. The fourth-order valence-corrected chi connectivity index (χ4v) is 4.79. The van der Waals surface area contributed by atoms with Crippen molar-refractivity contribution in [2.24, 2.45) is 0 Å². The van der Waals surface area contributed by atoms with Crippen LogP contribution in [0.1, 0.15) is 49.7 Å². The molecule has 0 aliphatic heterocycles. The number of ether oxygens (including phenoxy) is 1. The van der Waals surface area contributed by atoms with Crippen LogP contribution in [0.4, 0.5) is 10.1 Å². The molecule has 3 rings (SSSR count). The molecule has 0 unspecified atom stereocenters. The second-order valence-corrected chi connectivity index (χ2v) is 10.0. The molecular weight excluding hydrogens is 505 g/mol. The van der Waals surface area contributed by atoms with E-state index in [-0.39, 0.29) is 22.9 Å². The van der Waals surface area contributed by atoms with Crippen molar-refractivity contribution in [3.05, 3.63) is 69.7 Å². The summed E-state index contributed by atoms with van der Waals surface area (Å²) >= 11 is 0. The van der Waals surface area contributed by atoms with Crippen LogP contribution in [0.15, 0.2) is 47.4 Å². The molecule has 0 saturated carbocycles. The van der Waals surface area contributed by atoms with Crippen LogP contribution in [0.3, 0.4) is 0 Å². The fraction of sp³-hybridized carbons (Fsp3) is 0.333. The lowest BCUT2D eigenvalue weighted by atomic mass is 10.2. The van der Waals surface area contributed by atoms with E-state index in [0.717, 1.165) is 12.1 Å². The first-order chi connectivity index (χ1) is 17.5. The maximum atomic E-state index is 13.6. The third-order valence-corrected chi connectivity index (χ3v) is 7.10. The normalized spacial score (nSPS) is 12.2. The molecule has 37 heavy (non-hydrogen) atoms. The minimum atomic E-state index is -4.23. The van der Waals surface area contributed by atoms with Crippen molar-refractivity contribution in [1.29, 1.82) is 0 Å². The summed E-state index contributed by atoms with van der Waals surface area (Å²) in [5, 5.41) is 18.4. The van der Waals surface area contributed by atoms with Gasteiger partial charge in [0.05, 0.1) is 10.6 Å². The highest BCUT2D eigenvalue weighted by atomic mass is 32.2.